The molecule has 0 aliphatic rings. The molecule has 5 radical (unpaired) electrons. The summed E-state index contributed by atoms with van der Waals surface area (Å²) in [5, 5.41) is 44.6. The Morgan fingerprint density at radius 3 is 1.38 bits per heavy atom. The summed E-state index contributed by atoms with van der Waals surface area (Å²) in [4.78, 5) is 22.9. The maximum Gasteiger partial charge on any atom is 0.131 e. The van der Waals surface area contributed by atoms with Crippen molar-refractivity contribution >= 4 is 0 Å². The van der Waals surface area contributed by atoms with E-state index in [2.05, 4.69) is 418 Å². The van der Waals surface area contributed by atoms with Gasteiger partial charge in [-0.3, -0.25) is 0 Å². The fourth-order valence-electron chi connectivity index (χ4n) is 16.9. The van der Waals surface area contributed by atoms with Crippen LogP contribution in [-0.4, -0.2) is 98.7 Å². The molecule has 10 aromatic heterocycles. The Labute approximate surface area is 910 Å². The van der Waals surface area contributed by atoms with E-state index in [1.54, 1.807) is 18.6 Å². The third-order valence-electron chi connectivity index (χ3n) is 23.5. The summed E-state index contributed by atoms with van der Waals surface area (Å²) in [6.07, 6.45) is 13.1. The number of aryl methyl sites for hydroxylation is 7. The van der Waals surface area contributed by atoms with Crippen LogP contribution in [0.5, 0.6) is 0 Å². The van der Waals surface area contributed by atoms with Crippen LogP contribution in [0.3, 0.4) is 0 Å². The van der Waals surface area contributed by atoms with Crippen molar-refractivity contribution in [3.05, 3.63) is 386 Å². The monoisotopic (exact) mass is 2780 g/mol. The standard InChI is InChI=1S/C28H23N4.2C24H23N4.C23H21N4.C19H29N4.5Ir/c1-19-8-7-9-20(2)27(19)26-17-14-24(18-29-26)28-31-30-21(3)32(28)25-15-12-23(13-16-25)22-10-5-4-6-11-22;1-17(2)16-23-26-27-24(20-13-9-15-25-18(20)3)28(23)22-14-8-7-12-21(22)19-10-5-4-6-11-19;1-17(2)16-28-18(3)26-27-24(28)22-14-9-15-25-23(22)21-13-8-7-12-20(21)19-10-5-4-6-11-19;1-16(2)22-25-26-23(21-13-8-14-24-17(21)3)27(22)20-12-7-11-19(15-20)18-9-5-4-6-10-18;1-7-8-11-16-21-22-18(23(16)13-14(2)3)15-10-9-12-20-17(15)19(4,5)6;;;;;/h4-13,15-18H,1-3H3;4-12,14-15,17H,16H2,1-3H3;4-13,15,17H,16H2,1-3H3;4-12,14-16H,1-3H3;9,12,14H,7-8,11,13H2,1-6H3;;;;;/q5*-1;;;;;. The van der Waals surface area contributed by atoms with E-state index in [1.807, 2.05) is 105 Å². The van der Waals surface area contributed by atoms with Gasteiger partial charge in [0.1, 0.15) is 29.1 Å². The van der Waals surface area contributed by atoms with Gasteiger partial charge >= 0.3 is 0 Å². The molecule has 0 bridgehead atoms. The second kappa shape index (κ2) is 53.3. The molecular formula is C118H119Ir5N20-5. The number of hydrogen-bond donors (Lipinski definition) is 0. The third kappa shape index (κ3) is 27.6. The van der Waals surface area contributed by atoms with E-state index in [0.717, 1.165) is 204 Å². The summed E-state index contributed by atoms with van der Waals surface area (Å²) >= 11 is 0. The molecule has 0 fully saturated rings. The number of pyridine rings is 5. The second-order valence-electron chi connectivity index (χ2n) is 37.0. The molecule has 0 unspecified atom stereocenters. The van der Waals surface area contributed by atoms with E-state index in [-0.39, 0.29) is 112 Å². The molecule has 0 N–H and O–H groups in total. The molecule has 9 aromatic carbocycles. The minimum Gasteiger partial charge on any atom is -0.357 e. The van der Waals surface area contributed by atoms with Gasteiger partial charge in [-0.2, -0.15) is 25.5 Å². The number of hydrogen-bond acceptors (Lipinski definition) is 15. The van der Waals surface area contributed by atoms with Crippen LogP contribution in [0.1, 0.15) is 159 Å². The maximum absolute atomic E-state index is 4.73. The van der Waals surface area contributed by atoms with E-state index in [4.69, 9.17) is 9.97 Å². The first kappa shape index (κ1) is 113. The minimum absolute atomic E-state index is 0. The molecule has 25 heteroatoms. The van der Waals surface area contributed by atoms with E-state index in [1.165, 1.54) is 33.4 Å². The normalized spacial score (nSPS) is 10.9. The van der Waals surface area contributed by atoms with E-state index >= 15 is 0 Å². The zero-order valence-electron chi connectivity index (χ0n) is 84.0. The Morgan fingerprint density at radius 1 is 0.350 bits per heavy atom. The number of benzene rings is 9. The van der Waals surface area contributed by atoms with Gasteiger partial charge in [0.25, 0.3) is 0 Å². The van der Waals surface area contributed by atoms with Crippen LogP contribution in [0.15, 0.2) is 298 Å². The molecule has 0 aliphatic carbocycles. The SMILES string of the molecule is CCCCc1nnc(-c2[c-]ccnc2C(C)(C)C)n1CC(C)C.Cc1cccc(C)c1-c1c[c-]c(-c2nnc(C)n2-c2ccc(-c3ccccc3)cc2)cn1.Cc1ncc[c-]c1-c1nnc(C(C)C)n1-c1cccc(-c2ccccc2)c1.Cc1ncc[c-]c1-c1nnc(CC(C)C)n1-c1ccccc1-c1ccccc1.Cc1nnc(-c2[c-]ccnc2-c2ccccc2-c2ccccc2)n1CC(C)C.[Ir].[Ir].[Ir].[Ir].[Ir]. The van der Waals surface area contributed by atoms with E-state index < -0.39 is 0 Å². The zero-order chi connectivity index (χ0) is 96.9. The Hall–Kier alpha value is -12.3. The number of nitrogens with zero attached hydrogens (tertiary/aromatic N) is 20. The molecular weight excluding hydrogens is 2660 g/mol. The molecule has 741 valence electrons. The van der Waals surface area contributed by atoms with Gasteiger partial charge < -0.3 is 47.8 Å². The quantitative estimate of drug-likeness (QED) is 0.0514. The summed E-state index contributed by atoms with van der Waals surface area (Å²) in [7, 11) is 0. The fourth-order valence-corrected chi connectivity index (χ4v) is 16.9. The van der Waals surface area contributed by atoms with Crippen molar-refractivity contribution in [1.82, 2.24) is 98.7 Å². The van der Waals surface area contributed by atoms with Crippen molar-refractivity contribution in [1.29, 1.82) is 0 Å². The van der Waals surface area contributed by atoms with Gasteiger partial charge in [-0.15, -0.1) is 86.2 Å². The summed E-state index contributed by atoms with van der Waals surface area (Å²) in [6, 6.07) is 107. The van der Waals surface area contributed by atoms with Crippen LogP contribution >= 0.6 is 0 Å². The Bertz CT molecular complexity index is 7210. The molecule has 19 rings (SSSR count). The molecule has 0 saturated heterocycles. The number of rotatable bonds is 24. The number of aromatic nitrogens is 20. The van der Waals surface area contributed by atoms with Crippen molar-refractivity contribution in [2.75, 3.05) is 0 Å². The van der Waals surface area contributed by atoms with Crippen LogP contribution in [0.4, 0.5) is 0 Å². The Morgan fingerprint density at radius 2 is 0.811 bits per heavy atom. The second-order valence-corrected chi connectivity index (χ2v) is 37.0. The van der Waals surface area contributed by atoms with E-state index in [9.17, 15) is 0 Å². The zero-order valence-corrected chi connectivity index (χ0v) is 95.9. The van der Waals surface area contributed by atoms with Crippen molar-refractivity contribution in [2.24, 2.45) is 17.8 Å². The van der Waals surface area contributed by atoms with Gasteiger partial charge in [-0.25, -0.2) is 0 Å². The van der Waals surface area contributed by atoms with Crippen LogP contribution in [0, 0.1) is 89.6 Å². The first-order chi connectivity index (χ1) is 66.9. The summed E-state index contributed by atoms with van der Waals surface area (Å²) in [5.41, 5.74) is 26.1. The van der Waals surface area contributed by atoms with Crippen LogP contribution < -0.4 is 0 Å². The van der Waals surface area contributed by atoms with Crippen LogP contribution in [-0.2, 0) is 132 Å². The topological polar surface area (TPSA) is 218 Å². The summed E-state index contributed by atoms with van der Waals surface area (Å²) < 4.78 is 10.8. The molecule has 20 nitrogen and oxygen atoms in total. The van der Waals surface area contributed by atoms with Crippen molar-refractivity contribution < 1.29 is 101 Å². The van der Waals surface area contributed by atoms with Crippen molar-refractivity contribution in [2.45, 2.75) is 175 Å². The predicted octanol–water partition coefficient (Wildman–Crippen LogP) is 26.8. The Balaban J connectivity index is 0.000000183. The van der Waals surface area contributed by atoms with Crippen LogP contribution in [0.2, 0.25) is 0 Å². The average Bonchev–Trinajstić information content (AvgIpc) is 1.66. The molecule has 0 amide bonds. The van der Waals surface area contributed by atoms with Gasteiger partial charge in [-0.05, 0) is 166 Å². The fraction of sp³-hybridized carbons (Fsp3) is 0.246. The molecule has 0 atom stereocenters. The van der Waals surface area contributed by atoms with Gasteiger partial charge in [0.05, 0.1) is 29.1 Å². The van der Waals surface area contributed by atoms with Crippen LogP contribution in [0.25, 0.3) is 141 Å². The van der Waals surface area contributed by atoms with Crippen molar-refractivity contribution in [3.8, 4) is 141 Å². The molecule has 0 aliphatic heterocycles. The number of para-hydroxylation sites is 1. The molecule has 0 saturated carbocycles. The maximum atomic E-state index is 4.73. The minimum atomic E-state index is -0.0503. The molecule has 143 heavy (non-hydrogen) atoms. The third-order valence-corrected chi connectivity index (χ3v) is 23.5. The van der Waals surface area contributed by atoms with Crippen molar-refractivity contribution in [3.63, 3.8) is 0 Å². The molecule has 10 heterocycles. The van der Waals surface area contributed by atoms with E-state index in [0.29, 0.717) is 17.8 Å². The predicted molar refractivity (Wildman–Crippen MR) is 555 cm³/mol. The van der Waals surface area contributed by atoms with Gasteiger partial charge in [0.2, 0.25) is 0 Å². The molecule has 19 aromatic rings. The van der Waals surface area contributed by atoms with Gasteiger partial charge in [0.15, 0.2) is 0 Å². The first-order valence-corrected chi connectivity index (χ1v) is 47.5. The molecule has 0 spiro atoms. The largest absolute Gasteiger partial charge is 0.357 e. The number of unbranched alkanes of at least 4 members (excludes halogenated alkanes) is 1. The van der Waals surface area contributed by atoms with Gasteiger partial charge in [-0.1, -0.05) is 380 Å². The van der Waals surface area contributed by atoms with Gasteiger partial charge in [0, 0.05) is 155 Å². The summed E-state index contributed by atoms with van der Waals surface area (Å²) in [6.45, 7) is 40.1. The smallest absolute Gasteiger partial charge is 0.131 e. The summed E-state index contributed by atoms with van der Waals surface area (Å²) in [5.74, 6) is 10.4. The first-order valence-electron chi connectivity index (χ1n) is 47.5. The average molecular weight is 2780 g/mol. The Kier molecular flexibility index (Phi) is 42.0.